The summed E-state index contributed by atoms with van der Waals surface area (Å²) in [5.74, 6) is 0. The van der Waals surface area contributed by atoms with E-state index in [0.29, 0.717) is 6.04 Å². The van der Waals surface area contributed by atoms with Crippen LogP contribution in [0.3, 0.4) is 0 Å². The first-order chi connectivity index (χ1) is 9.76. The topological polar surface area (TPSA) is 3.24 Å². The van der Waals surface area contributed by atoms with Crippen LogP contribution in [0.1, 0.15) is 70.0 Å². The van der Waals surface area contributed by atoms with E-state index in [2.05, 4.69) is 56.5 Å². The van der Waals surface area contributed by atoms with Crippen LogP contribution < -0.4 is 0 Å². The molecule has 0 spiro atoms. The minimum absolute atomic E-state index is 0.570. The van der Waals surface area contributed by atoms with Crippen LogP contribution in [-0.4, -0.2) is 18.0 Å². The Kier molecular flexibility index (Phi) is 8.29. The molecule has 1 aromatic rings. The first-order valence-corrected chi connectivity index (χ1v) is 8.23. The van der Waals surface area contributed by atoms with Crippen molar-refractivity contribution in [2.24, 2.45) is 0 Å². The monoisotopic (exact) mass is 273 g/mol. The van der Waals surface area contributed by atoms with Crippen molar-refractivity contribution in [3.8, 4) is 0 Å². The Labute approximate surface area is 125 Å². The Balaban J connectivity index is 2.76. The van der Waals surface area contributed by atoms with E-state index in [9.17, 15) is 0 Å². The molecule has 1 unspecified atom stereocenters. The molecule has 1 atom stereocenters. The van der Waals surface area contributed by atoms with Crippen LogP contribution >= 0.6 is 0 Å². The normalized spacial score (nSPS) is 12.6. The SMILES string of the molecule is C=Cc1ccc(C(CCCCCC)N(CC)CC)cc1. The fourth-order valence-corrected chi connectivity index (χ4v) is 2.84. The fraction of sp³-hybridized carbons (Fsp3) is 0.579. The van der Waals surface area contributed by atoms with Crippen LogP contribution in [0.4, 0.5) is 0 Å². The molecule has 20 heavy (non-hydrogen) atoms. The number of benzene rings is 1. The summed E-state index contributed by atoms with van der Waals surface area (Å²) in [4.78, 5) is 2.58. The maximum absolute atomic E-state index is 3.83. The van der Waals surface area contributed by atoms with Crippen LogP contribution in [0.15, 0.2) is 30.8 Å². The second kappa shape index (κ2) is 9.77. The molecule has 0 bridgehead atoms. The van der Waals surface area contributed by atoms with E-state index in [1.165, 1.54) is 43.2 Å². The molecule has 1 nitrogen and oxygen atoms in total. The number of hydrogen-bond donors (Lipinski definition) is 0. The largest absolute Gasteiger partial charge is 0.297 e. The van der Waals surface area contributed by atoms with Crippen molar-refractivity contribution >= 4 is 6.08 Å². The lowest BCUT2D eigenvalue weighted by atomic mass is 9.97. The van der Waals surface area contributed by atoms with Crippen molar-refractivity contribution < 1.29 is 0 Å². The average Bonchev–Trinajstić information content (AvgIpc) is 2.51. The second-order valence-corrected chi connectivity index (χ2v) is 5.46. The van der Waals surface area contributed by atoms with Gasteiger partial charge in [-0.2, -0.15) is 0 Å². The molecule has 0 N–H and O–H groups in total. The molecule has 0 radical (unpaired) electrons. The number of rotatable bonds is 10. The maximum atomic E-state index is 3.83. The number of nitrogens with zero attached hydrogens (tertiary/aromatic N) is 1. The predicted octanol–water partition coefficient (Wildman–Crippen LogP) is 5.68. The highest BCUT2D eigenvalue weighted by Gasteiger charge is 2.17. The Morgan fingerprint density at radius 2 is 1.65 bits per heavy atom. The molecule has 1 heteroatoms. The molecule has 0 saturated heterocycles. The maximum Gasteiger partial charge on any atom is 0.0347 e. The zero-order valence-electron chi connectivity index (χ0n) is 13.6. The van der Waals surface area contributed by atoms with Crippen molar-refractivity contribution in [2.75, 3.05) is 13.1 Å². The molecule has 0 saturated carbocycles. The molecule has 0 aliphatic carbocycles. The van der Waals surface area contributed by atoms with Gasteiger partial charge in [-0.1, -0.05) is 83.4 Å². The van der Waals surface area contributed by atoms with E-state index in [4.69, 9.17) is 0 Å². The van der Waals surface area contributed by atoms with E-state index in [-0.39, 0.29) is 0 Å². The summed E-state index contributed by atoms with van der Waals surface area (Å²) in [6, 6.07) is 9.50. The molecule has 1 rings (SSSR count). The Morgan fingerprint density at radius 3 is 2.15 bits per heavy atom. The minimum atomic E-state index is 0.570. The molecule has 0 aliphatic rings. The lowest BCUT2D eigenvalue weighted by Gasteiger charge is -2.30. The van der Waals surface area contributed by atoms with Gasteiger partial charge in [-0.25, -0.2) is 0 Å². The second-order valence-electron chi connectivity index (χ2n) is 5.46. The van der Waals surface area contributed by atoms with Gasteiger partial charge >= 0.3 is 0 Å². The minimum Gasteiger partial charge on any atom is -0.297 e. The smallest absolute Gasteiger partial charge is 0.0347 e. The molecule has 0 fully saturated rings. The highest BCUT2D eigenvalue weighted by molar-refractivity contribution is 5.47. The molecule has 1 aromatic carbocycles. The third-order valence-electron chi connectivity index (χ3n) is 4.14. The molecule has 0 heterocycles. The van der Waals surface area contributed by atoms with Crippen LogP contribution in [0.25, 0.3) is 6.08 Å². The van der Waals surface area contributed by atoms with Crippen molar-refractivity contribution in [1.82, 2.24) is 4.90 Å². The summed E-state index contributed by atoms with van der Waals surface area (Å²) in [5, 5.41) is 0. The van der Waals surface area contributed by atoms with Gasteiger partial charge in [0.05, 0.1) is 0 Å². The van der Waals surface area contributed by atoms with E-state index < -0.39 is 0 Å². The Morgan fingerprint density at radius 1 is 1.00 bits per heavy atom. The van der Waals surface area contributed by atoms with Crippen molar-refractivity contribution in [3.63, 3.8) is 0 Å². The van der Waals surface area contributed by atoms with Crippen molar-refractivity contribution in [3.05, 3.63) is 42.0 Å². The molecule has 0 aliphatic heterocycles. The first kappa shape index (κ1) is 17.0. The van der Waals surface area contributed by atoms with Gasteiger partial charge in [0, 0.05) is 6.04 Å². The van der Waals surface area contributed by atoms with Crippen molar-refractivity contribution in [2.45, 2.75) is 58.9 Å². The van der Waals surface area contributed by atoms with E-state index in [0.717, 1.165) is 13.1 Å². The zero-order valence-corrected chi connectivity index (χ0v) is 13.6. The summed E-state index contributed by atoms with van der Waals surface area (Å²) in [5.41, 5.74) is 2.66. The van der Waals surface area contributed by atoms with Gasteiger partial charge < -0.3 is 0 Å². The lowest BCUT2D eigenvalue weighted by molar-refractivity contribution is 0.204. The highest BCUT2D eigenvalue weighted by atomic mass is 15.1. The zero-order chi connectivity index (χ0) is 14.8. The number of unbranched alkanes of at least 4 members (excludes halogenated alkanes) is 3. The molecular weight excluding hydrogens is 242 g/mol. The van der Waals surface area contributed by atoms with E-state index in [1.54, 1.807) is 0 Å². The highest BCUT2D eigenvalue weighted by Crippen LogP contribution is 2.27. The third-order valence-corrected chi connectivity index (χ3v) is 4.14. The Bertz CT molecular complexity index is 362. The molecule has 0 amide bonds. The summed E-state index contributed by atoms with van der Waals surface area (Å²) < 4.78 is 0. The van der Waals surface area contributed by atoms with Crippen LogP contribution in [0, 0.1) is 0 Å². The Hall–Kier alpha value is -1.08. The van der Waals surface area contributed by atoms with Gasteiger partial charge in [0.15, 0.2) is 0 Å². The summed E-state index contributed by atoms with van der Waals surface area (Å²) in [6.45, 7) is 12.9. The molecule has 0 aromatic heterocycles. The average molecular weight is 273 g/mol. The van der Waals surface area contributed by atoms with Gasteiger partial charge in [0.25, 0.3) is 0 Å². The van der Waals surface area contributed by atoms with E-state index >= 15 is 0 Å². The van der Waals surface area contributed by atoms with Crippen LogP contribution in [0.5, 0.6) is 0 Å². The van der Waals surface area contributed by atoms with Gasteiger partial charge in [-0.15, -0.1) is 0 Å². The summed E-state index contributed by atoms with van der Waals surface area (Å²) in [6.07, 6.45) is 8.55. The van der Waals surface area contributed by atoms with Crippen LogP contribution in [-0.2, 0) is 0 Å². The fourth-order valence-electron chi connectivity index (χ4n) is 2.84. The van der Waals surface area contributed by atoms with Gasteiger partial charge in [0.2, 0.25) is 0 Å². The molecular formula is C19H31N. The van der Waals surface area contributed by atoms with Crippen molar-refractivity contribution in [1.29, 1.82) is 0 Å². The van der Waals surface area contributed by atoms with Gasteiger partial charge in [-0.3, -0.25) is 4.90 Å². The quantitative estimate of drug-likeness (QED) is 0.495. The predicted molar refractivity (Wildman–Crippen MR) is 91.0 cm³/mol. The molecule has 112 valence electrons. The van der Waals surface area contributed by atoms with Gasteiger partial charge in [0.1, 0.15) is 0 Å². The third kappa shape index (κ3) is 5.13. The number of hydrogen-bond acceptors (Lipinski definition) is 1. The van der Waals surface area contributed by atoms with E-state index in [1.807, 2.05) is 6.08 Å². The summed E-state index contributed by atoms with van der Waals surface area (Å²) in [7, 11) is 0. The lowest BCUT2D eigenvalue weighted by Crippen LogP contribution is -2.28. The summed E-state index contributed by atoms with van der Waals surface area (Å²) >= 11 is 0. The van der Waals surface area contributed by atoms with Crippen LogP contribution in [0.2, 0.25) is 0 Å². The first-order valence-electron chi connectivity index (χ1n) is 8.23. The standard InChI is InChI=1S/C19H31N/c1-5-9-10-11-12-19(20(7-3)8-4)18-15-13-17(6-2)14-16-18/h6,13-16,19H,2,5,7-12H2,1,3-4H3. The van der Waals surface area contributed by atoms with Gasteiger partial charge in [-0.05, 0) is 30.6 Å².